The highest BCUT2D eigenvalue weighted by Gasteiger charge is 2.40. The van der Waals surface area contributed by atoms with Gasteiger partial charge in [-0.15, -0.1) is 0 Å². The van der Waals surface area contributed by atoms with Crippen LogP contribution in [0.1, 0.15) is 31.9 Å². The van der Waals surface area contributed by atoms with Crippen molar-refractivity contribution in [3.63, 3.8) is 0 Å². The van der Waals surface area contributed by atoms with E-state index in [9.17, 15) is 9.50 Å². The highest BCUT2D eigenvalue weighted by atomic mass is 19.1. The van der Waals surface area contributed by atoms with Crippen molar-refractivity contribution in [2.75, 3.05) is 19.6 Å². The molecule has 0 atom stereocenters. The Labute approximate surface area is 200 Å². The third-order valence-corrected chi connectivity index (χ3v) is 6.26. The van der Waals surface area contributed by atoms with E-state index in [2.05, 4.69) is 22.5 Å². The normalized spacial score (nSPS) is 16.7. The molecule has 0 unspecified atom stereocenters. The molecule has 1 saturated heterocycles. The van der Waals surface area contributed by atoms with Crippen LogP contribution in [-0.4, -0.2) is 39.6 Å². The molecule has 4 rings (SSSR count). The van der Waals surface area contributed by atoms with Crippen molar-refractivity contribution < 1.29 is 13.9 Å². The van der Waals surface area contributed by atoms with E-state index in [0.717, 1.165) is 31.6 Å². The minimum Gasteiger partial charge on any atom is -0.437 e. The Morgan fingerprint density at radius 3 is 2.50 bits per heavy atom. The van der Waals surface area contributed by atoms with E-state index in [1.54, 1.807) is 24.5 Å². The first kappa shape index (κ1) is 23.8. The highest BCUT2D eigenvalue weighted by Crippen LogP contribution is 2.41. The molecular weight excluding hydrogens is 429 g/mol. The van der Waals surface area contributed by atoms with Gasteiger partial charge in [-0.1, -0.05) is 30.9 Å². The summed E-state index contributed by atoms with van der Waals surface area (Å²) in [5.74, 6) is 0.496. The standard InChI is InChI=1S/C28H30FN3O2/c1-3-5-6-21(4-2)13-18-32-19-14-28(33,15-20-32)26-25(22-11-16-30-17-12-22)31-27(34-26)23-7-9-24(29)10-8-23/h3-12,16-17,33H,2,13-15,18-20H2,1H3. The van der Waals surface area contributed by atoms with Crippen LogP contribution in [0.15, 0.2) is 89.7 Å². The van der Waals surface area contributed by atoms with Gasteiger partial charge in [0.05, 0.1) is 0 Å². The van der Waals surface area contributed by atoms with Crippen molar-refractivity contribution in [3.8, 4) is 22.7 Å². The van der Waals surface area contributed by atoms with Crippen molar-refractivity contribution in [1.82, 2.24) is 14.9 Å². The highest BCUT2D eigenvalue weighted by molar-refractivity contribution is 5.66. The third kappa shape index (κ3) is 5.41. The number of allylic oxidation sites excluding steroid dienone is 4. The van der Waals surface area contributed by atoms with Gasteiger partial charge in [0.25, 0.3) is 0 Å². The summed E-state index contributed by atoms with van der Waals surface area (Å²) in [5, 5.41) is 11.7. The van der Waals surface area contributed by atoms with Crippen molar-refractivity contribution in [3.05, 3.63) is 96.8 Å². The van der Waals surface area contributed by atoms with E-state index in [0.29, 0.717) is 35.7 Å². The van der Waals surface area contributed by atoms with Gasteiger partial charge in [-0.25, -0.2) is 9.37 Å². The Bertz CT molecular complexity index is 1160. The summed E-state index contributed by atoms with van der Waals surface area (Å²) in [6.07, 6.45) is 13.4. The van der Waals surface area contributed by atoms with Gasteiger partial charge < -0.3 is 14.4 Å². The molecule has 0 amide bonds. The molecule has 1 N–H and O–H groups in total. The van der Waals surface area contributed by atoms with Gasteiger partial charge in [0, 0.05) is 43.2 Å². The van der Waals surface area contributed by atoms with Gasteiger partial charge in [0.1, 0.15) is 17.1 Å². The topological polar surface area (TPSA) is 62.4 Å². The monoisotopic (exact) mass is 459 g/mol. The van der Waals surface area contributed by atoms with Gasteiger partial charge in [-0.3, -0.25) is 4.98 Å². The van der Waals surface area contributed by atoms with Gasteiger partial charge in [0.15, 0.2) is 5.76 Å². The van der Waals surface area contributed by atoms with Crippen molar-refractivity contribution in [1.29, 1.82) is 0 Å². The van der Waals surface area contributed by atoms with Crippen LogP contribution in [0.5, 0.6) is 0 Å². The molecular formula is C28H30FN3O2. The molecule has 1 fully saturated rings. The van der Waals surface area contributed by atoms with E-state index >= 15 is 0 Å². The molecule has 0 spiro atoms. The molecule has 2 aromatic heterocycles. The SMILES string of the molecule is C=CC(=CC=CC)CCN1CCC(O)(c2oc(-c3ccc(F)cc3)nc2-c2ccncc2)CC1. The lowest BCUT2D eigenvalue weighted by Gasteiger charge is -2.37. The van der Waals surface area contributed by atoms with E-state index < -0.39 is 5.60 Å². The molecule has 0 bridgehead atoms. The second-order valence-corrected chi connectivity index (χ2v) is 8.53. The van der Waals surface area contributed by atoms with Crippen LogP contribution in [0.4, 0.5) is 4.39 Å². The maximum atomic E-state index is 13.4. The first-order valence-corrected chi connectivity index (χ1v) is 11.6. The van der Waals surface area contributed by atoms with E-state index in [4.69, 9.17) is 9.40 Å². The average molecular weight is 460 g/mol. The van der Waals surface area contributed by atoms with Crippen LogP contribution in [0, 0.1) is 5.82 Å². The van der Waals surface area contributed by atoms with Gasteiger partial charge in [-0.2, -0.15) is 0 Å². The Kier molecular flexibility index (Phi) is 7.50. The zero-order valence-corrected chi connectivity index (χ0v) is 19.5. The van der Waals surface area contributed by atoms with Crippen LogP contribution < -0.4 is 0 Å². The molecule has 1 aliphatic rings. The summed E-state index contributed by atoms with van der Waals surface area (Å²) in [5.41, 5.74) is 2.14. The summed E-state index contributed by atoms with van der Waals surface area (Å²) in [4.78, 5) is 11.1. The fourth-order valence-electron chi connectivity index (χ4n) is 4.19. The minimum atomic E-state index is -1.14. The fourth-order valence-corrected chi connectivity index (χ4v) is 4.19. The van der Waals surface area contributed by atoms with Crippen LogP contribution in [-0.2, 0) is 5.60 Å². The molecule has 3 heterocycles. The number of rotatable bonds is 8. The summed E-state index contributed by atoms with van der Waals surface area (Å²) in [6, 6.07) is 9.71. The molecule has 0 radical (unpaired) electrons. The zero-order chi connectivity index (χ0) is 24.0. The summed E-state index contributed by atoms with van der Waals surface area (Å²) in [6.45, 7) is 8.29. The summed E-state index contributed by atoms with van der Waals surface area (Å²) in [7, 11) is 0. The number of oxazole rings is 1. The lowest BCUT2D eigenvalue weighted by Crippen LogP contribution is -2.43. The number of hydrogen-bond donors (Lipinski definition) is 1. The van der Waals surface area contributed by atoms with Crippen LogP contribution >= 0.6 is 0 Å². The van der Waals surface area contributed by atoms with Crippen LogP contribution in [0.25, 0.3) is 22.7 Å². The van der Waals surface area contributed by atoms with E-state index in [-0.39, 0.29) is 5.82 Å². The summed E-state index contributed by atoms with van der Waals surface area (Å²) >= 11 is 0. The van der Waals surface area contributed by atoms with Crippen molar-refractivity contribution >= 4 is 0 Å². The van der Waals surface area contributed by atoms with Crippen molar-refractivity contribution in [2.24, 2.45) is 0 Å². The predicted octanol–water partition coefficient (Wildman–Crippen LogP) is 5.90. The third-order valence-electron chi connectivity index (χ3n) is 6.26. The average Bonchev–Trinajstić information content (AvgIpc) is 3.33. The molecule has 0 aliphatic carbocycles. The smallest absolute Gasteiger partial charge is 0.227 e. The summed E-state index contributed by atoms with van der Waals surface area (Å²) < 4.78 is 19.6. The largest absolute Gasteiger partial charge is 0.437 e. The predicted molar refractivity (Wildman–Crippen MR) is 132 cm³/mol. The maximum absolute atomic E-state index is 13.4. The number of likely N-dealkylation sites (tertiary alicyclic amines) is 1. The number of benzene rings is 1. The van der Waals surface area contributed by atoms with Crippen molar-refractivity contribution in [2.45, 2.75) is 31.8 Å². The quantitative estimate of drug-likeness (QED) is 0.425. The molecule has 176 valence electrons. The Morgan fingerprint density at radius 2 is 1.85 bits per heavy atom. The second kappa shape index (κ2) is 10.7. The van der Waals surface area contributed by atoms with Gasteiger partial charge in [0.2, 0.25) is 5.89 Å². The second-order valence-electron chi connectivity index (χ2n) is 8.53. The zero-order valence-electron chi connectivity index (χ0n) is 19.5. The minimum absolute atomic E-state index is 0.323. The first-order valence-electron chi connectivity index (χ1n) is 11.6. The maximum Gasteiger partial charge on any atom is 0.227 e. The number of piperidine rings is 1. The first-order chi connectivity index (χ1) is 16.5. The Balaban J connectivity index is 1.56. The number of aromatic nitrogens is 2. The van der Waals surface area contributed by atoms with Gasteiger partial charge >= 0.3 is 0 Å². The number of nitrogens with zero attached hydrogens (tertiary/aromatic N) is 3. The lowest BCUT2D eigenvalue weighted by molar-refractivity contribution is -0.0407. The van der Waals surface area contributed by atoms with Gasteiger partial charge in [-0.05, 0) is 68.2 Å². The molecule has 1 aromatic carbocycles. The number of aliphatic hydroxyl groups is 1. The number of halogens is 1. The van der Waals surface area contributed by atoms with E-state index in [1.807, 2.05) is 37.3 Å². The molecule has 3 aromatic rings. The molecule has 1 aliphatic heterocycles. The Morgan fingerprint density at radius 1 is 1.15 bits per heavy atom. The fraction of sp³-hybridized carbons (Fsp3) is 0.286. The molecule has 0 saturated carbocycles. The number of pyridine rings is 1. The molecule has 6 heteroatoms. The Hall–Kier alpha value is -3.35. The lowest BCUT2D eigenvalue weighted by atomic mass is 9.86. The molecule has 5 nitrogen and oxygen atoms in total. The number of hydrogen-bond acceptors (Lipinski definition) is 5. The van der Waals surface area contributed by atoms with Crippen LogP contribution in [0.2, 0.25) is 0 Å². The van der Waals surface area contributed by atoms with Crippen LogP contribution in [0.3, 0.4) is 0 Å². The van der Waals surface area contributed by atoms with E-state index in [1.165, 1.54) is 17.7 Å². The molecule has 34 heavy (non-hydrogen) atoms.